The lowest BCUT2D eigenvalue weighted by atomic mass is 10.1. The van der Waals surface area contributed by atoms with Crippen LogP contribution in [0.5, 0.6) is 0 Å². The molecule has 0 rings (SSSR count). The maximum Gasteiger partial charge on any atom is -0.0353 e. The van der Waals surface area contributed by atoms with Crippen LogP contribution in [0.25, 0.3) is 0 Å². The van der Waals surface area contributed by atoms with E-state index in [1.54, 1.807) is 0 Å². The van der Waals surface area contributed by atoms with E-state index in [1.165, 1.54) is 51.4 Å². The molecule has 0 radical (unpaired) electrons. The smallest absolute Gasteiger partial charge is 0.0353 e. The standard InChI is InChI=1S/C11H22.ClH/c1-3-5-7-9-11-10-8-6-4-2;/h3H,1,4-11H2,2H3;1H. The van der Waals surface area contributed by atoms with Gasteiger partial charge >= 0.3 is 0 Å². The van der Waals surface area contributed by atoms with Gasteiger partial charge in [-0.2, -0.15) is 0 Å². The molecule has 0 amide bonds. The van der Waals surface area contributed by atoms with Gasteiger partial charge in [0.25, 0.3) is 0 Å². The molecule has 0 aromatic rings. The van der Waals surface area contributed by atoms with Crippen molar-refractivity contribution in [1.82, 2.24) is 0 Å². The molecule has 0 aromatic carbocycles. The number of unbranched alkanes of at least 4 members (excludes halogenated alkanes) is 7. The van der Waals surface area contributed by atoms with Gasteiger partial charge in [0.1, 0.15) is 0 Å². The Labute approximate surface area is 83.9 Å². The minimum atomic E-state index is 0. The van der Waals surface area contributed by atoms with Crippen LogP contribution in [-0.2, 0) is 0 Å². The van der Waals surface area contributed by atoms with Crippen LogP contribution in [0.4, 0.5) is 0 Å². The van der Waals surface area contributed by atoms with Crippen LogP contribution >= 0.6 is 12.4 Å². The van der Waals surface area contributed by atoms with E-state index < -0.39 is 0 Å². The lowest BCUT2D eigenvalue weighted by molar-refractivity contribution is 0.592. The monoisotopic (exact) mass is 190 g/mol. The third kappa shape index (κ3) is 12.7. The Bertz CT molecular complexity index is 79.1. The van der Waals surface area contributed by atoms with Gasteiger partial charge in [-0.15, -0.1) is 19.0 Å². The highest BCUT2D eigenvalue weighted by Crippen LogP contribution is 2.07. The Morgan fingerprint density at radius 3 is 1.92 bits per heavy atom. The first-order valence-electron chi connectivity index (χ1n) is 5.02. The van der Waals surface area contributed by atoms with Crippen molar-refractivity contribution in [3.63, 3.8) is 0 Å². The fourth-order valence-electron chi connectivity index (χ4n) is 1.25. The summed E-state index contributed by atoms with van der Waals surface area (Å²) in [5.74, 6) is 0. The SMILES string of the molecule is C=CCCCCCCCCC.Cl. The molecular formula is C11H23Cl. The van der Waals surface area contributed by atoms with E-state index in [0.717, 1.165) is 0 Å². The Balaban J connectivity index is 0. The number of hydrogen-bond acceptors (Lipinski definition) is 0. The second-order valence-electron chi connectivity index (χ2n) is 3.20. The van der Waals surface area contributed by atoms with Crippen LogP contribution in [0.1, 0.15) is 58.3 Å². The first-order valence-corrected chi connectivity index (χ1v) is 5.02. The molecule has 0 N–H and O–H groups in total. The van der Waals surface area contributed by atoms with E-state index in [9.17, 15) is 0 Å². The van der Waals surface area contributed by atoms with Crippen LogP contribution < -0.4 is 0 Å². The quantitative estimate of drug-likeness (QED) is 0.383. The summed E-state index contributed by atoms with van der Waals surface area (Å²) in [7, 11) is 0. The van der Waals surface area contributed by atoms with E-state index in [4.69, 9.17) is 0 Å². The number of rotatable bonds is 8. The van der Waals surface area contributed by atoms with E-state index in [2.05, 4.69) is 13.5 Å². The highest BCUT2D eigenvalue weighted by atomic mass is 35.5. The third-order valence-corrected chi connectivity index (χ3v) is 2.01. The number of allylic oxidation sites excluding steroid dienone is 1. The van der Waals surface area contributed by atoms with Gasteiger partial charge in [-0.3, -0.25) is 0 Å². The number of halogens is 1. The average molecular weight is 191 g/mol. The summed E-state index contributed by atoms with van der Waals surface area (Å²) < 4.78 is 0. The van der Waals surface area contributed by atoms with E-state index in [1.807, 2.05) is 6.08 Å². The predicted octanol–water partition coefficient (Wildman–Crippen LogP) is 4.73. The molecule has 0 saturated carbocycles. The van der Waals surface area contributed by atoms with Gasteiger partial charge in [-0.05, 0) is 12.8 Å². The lowest BCUT2D eigenvalue weighted by Crippen LogP contribution is -1.78. The third-order valence-electron chi connectivity index (χ3n) is 2.01. The van der Waals surface area contributed by atoms with Crippen LogP contribution in [0.2, 0.25) is 0 Å². The zero-order chi connectivity index (χ0) is 8.36. The highest BCUT2D eigenvalue weighted by molar-refractivity contribution is 5.85. The Morgan fingerprint density at radius 2 is 1.42 bits per heavy atom. The van der Waals surface area contributed by atoms with E-state index in [-0.39, 0.29) is 12.4 Å². The number of hydrogen-bond donors (Lipinski definition) is 0. The first-order chi connectivity index (χ1) is 5.41. The molecule has 0 heterocycles. The predicted molar refractivity (Wildman–Crippen MR) is 60.1 cm³/mol. The summed E-state index contributed by atoms with van der Waals surface area (Å²) in [5, 5.41) is 0. The van der Waals surface area contributed by atoms with Crippen LogP contribution in [0.3, 0.4) is 0 Å². The molecular weight excluding hydrogens is 168 g/mol. The summed E-state index contributed by atoms with van der Waals surface area (Å²) in [6.45, 7) is 5.97. The summed E-state index contributed by atoms with van der Waals surface area (Å²) in [6, 6.07) is 0. The van der Waals surface area contributed by atoms with Crippen LogP contribution in [-0.4, -0.2) is 0 Å². The van der Waals surface area contributed by atoms with Crippen molar-refractivity contribution >= 4 is 12.4 Å². The molecule has 0 aliphatic heterocycles. The molecule has 12 heavy (non-hydrogen) atoms. The molecule has 0 aliphatic rings. The van der Waals surface area contributed by atoms with Gasteiger partial charge in [0.05, 0.1) is 0 Å². The Hall–Kier alpha value is 0.0300. The molecule has 0 nitrogen and oxygen atoms in total. The normalized spacial score (nSPS) is 9.08. The van der Waals surface area contributed by atoms with Crippen molar-refractivity contribution in [3.05, 3.63) is 12.7 Å². The molecule has 0 atom stereocenters. The summed E-state index contributed by atoms with van der Waals surface area (Å²) in [5.41, 5.74) is 0. The van der Waals surface area contributed by atoms with E-state index >= 15 is 0 Å². The maximum atomic E-state index is 3.71. The Kier molecular flexibility index (Phi) is 16.5. The van der Waals surface area contributed by atoms with Crippen molar-refractivity contribution in [1.29, 1.82) is 0 Å². The average Bonchev–Trinajstić information content (AvgIpc) is 2.03. The molecule has 0 aliphatic carbocycles. The Morgan fingerprint density at radius 1 is 0.917 bits per heavy atom. The second kappa shape index (κ2) is 13.6. The fourth-order valence-corrected chi connectivity index (χ4v) is 1.25. The second-order valence-corrected chi connectivity index (χ2v) is 3.20. The fraction of sp³-hybridized carbons (Fsp3) is 0.818. The summed E-state index contributed by atoms with van der Waals surface area (Å²) >= 11 is 0. The minimum Gasteiger partial charge on any atom is -0.147 e. The molecule has 1 heteroatoms. The molecule has 0 spiro atoms. The molecule has 0 fully saturated rings. The topological polar surface area (TPSA) is 0 Å². The zero-order valence-corrected chi connectivity index (χ0v) is 9.17. The minimum absolute atomic E-state index is 0. The van der Waals surface area contributed by atoms with Gasteiger partial charge in [0.15, 0.2) is 0 Å². The van der Waals surface area contributed by atoms with Gasteiger partial charge in [-0.25, -0.2) is 0 Å². The molecule has 0 aromatic heterocycles. The van der Waals surface area contributed by atoms with Gasteiger partial charge in [0.2, 0.25) is 0 Å². The highest BCUT2D eigenvalue weighted by Gasteiger charge is 1.88. The molecule has 0 unspecified atom stereocenters. The van der Waals surface area contributed by atoms with Crippen molar-refractivity contribution < 1.29 is 0 Å². The van der Waals surface area contributed by atoms with Gasteiger partial charge in [-0.1, -0.05) is 51.5 Å². The van der Waals surface area contributed by atoms with Crippen molar-refractivity contribution in [2.75, 3.05) is 0 Å². The van der Waals surface area contributed by atoms with Crippen LogP contribution in [0.15, 0.2) is 12.7 Å². The summed E-state index contributed by atoms with van der Waals surface area (Å²) in [6.07, 6.45) is 13.0. The maximum absolute atomic E-state index is 3.71. The van der Waals surface area contributed by atoms with Crippen molar-refractivity contribution in [2.45, 2.75) is 58.3 Å². The zero-order valence-electron chi connectivity index (χ0n) is 8.35. The van der Waals surface area contributed by atoms with Crippen molar-refractivity contribution in [3.8, 4) is 0 Å². The van der Waals surface area contributed by atoms with Crippen molar-refractivity contribution in [2.24, 2.45) is 0 Å². The molecule has 0 bridgehead atoms. The van der Waals surface area contributed by atoms with Gasteiger partial charge in [0, 0.05) is 0 Å². The lowest BCUT2D eigenvalue weighted by Gasteiger charge is -1.98. The molecule has 74 valence electrons. The molecule has 0 saturated heterocycles. The summed E-state index contributed by atoms with van der Waals surface area (Å²) in [4.78, 5) is 0. The van der Waals surface area contributed by atoms with E-state index in [0.29, 0.717) is 0 Å². The first kappa shape index (κ1) is 14.5. The van der Waals surface area contributed by atoms with Crippen LogP contribution in [0, 0.1) is 0 Å². The largest absolute Gasteiger partial charge is 0.147 e. The van der Waals surface area contributed by atoms with Gasteiger partial charge < -0.3 is 0 Å².